The van der Waals surface area contributed by atoms with Crippen LogP contribution < -0.4 is 19.7 Å². The molecule has 1 fully saturated rings. The molecule has 9 nitrogen and oxygen atoms in total. The summed E-state index contributed by atoms with van der Waals surface area (Å²) < 4.78 is 10.4. The van der Waals surface area contributed by atoms with Crippen molar-refractivity contribution in [2.45, 2.75) is 6.92 Å². The Balaban J connectivity index is 1.33. The van der Waals surface area contributed by atoms with E-state index >= 15 is 0 Å². The number of carbonyl (C=O) groups excluding carboxylic acids is 1. The first-order valence-corrected chi connectivity index (χ1v) is 12.2. The second kappa shape index (κ2) is 10.5. The normalized spacial score (nSPS) is 13.5. The van der Waals surface area contributed by atoms with Crippen LogP contribution in [0.3, 0.4) is 0 Å². The lowest BCUT2D eigenvalue weighted by molar-refractivity contribution is 0.208. The quantitative estimate of drug-likeness (QED) is 0.396. The number of rotatable bonds is 5. The van der Waals surface area contributed by atoms with Gasteiger partial charge in [0.1, 0.15) is 17.9 Å². The van der Waals surface area contributed by atoms with Crippen LogP contribution in [0.15, 0.2) is 55.0 Å². The molecule has 10 heteroatoms. The summed E-state index contributed by atoms with van der Waals surface area (Å²) in [7, 11) is 3.15. The van der Waals surface area contributed by atoms with Gasteiger partial charge in [-0.3, -0.25) is 0 Å². The predicted octanol–water partition coefficient (Wildman–Crippen LogP) is 5.02. The number of pyridine rings is 1. The van der Waals surface area contributed by atoms with E-state index in [1.807, 2.05) is 19.1 Å². The molecule has 1 N–H and O–H groups in total. The summed E-state index contributed by atoms with van der Waals surface area (Å²) in [5.41, 5.74) is 4.61. The highest BCUT2D eigenvalue weighted by Crippen LogP contribution is 2.32. The molecule has 2 aromatic heterocycles. The van der Waals surface area contributed by atoms with Crippen molar-refractivity contribution in [3.63, 3.8) is 0 Å². The number of halogens is 1. The summed E-state index contributed by atoms with van der Waals surface area (Å²) in [5, 5.41) is 4.33. The number of methoxy groups -OCH3 is 2. The molecule has 4 aromatic rings. The van der Waals surface area contributed by atoms with Gasteiger partial charge in [0.2, 0.25) is 5.88 Å². The predicted molar refractivity (Wildman–Crippen MR) is 145 cm³/mol. The van der Waals surface area contributed by atoms with E-state index in [1.54, 1.807) is 49.8 Å². The molecule has 190 valence electrons. The van der Waals surface area contributed by atoms with Crippen molar-refractivity contribution in [3.8, 4) is 22.8 Å². The molecule has 0 aliphatic carbocycles. The molecule has 0 spiro atoms. The summed E-state index contributed by atoms with van der Waals surface area (Å²) in [6, 6.07) is 13.1. The first-order chi connectivity index (χ1) is 18.0. The largest absolute Gasteiger partial charge is 0.495 e. The van der Waals surface area contributed by atoms with E-state index in [-0.39, 0.29) is 6.03 Å². The lowest BCUT2D eigenvalue weighted by Crippen LogP contribution is -2.50. The van der Waals surface area contributed by atoms with Gasteiger partial charge in [-0.25, -0.2) is 19.7 Å². The van der Waals surface area contributed by atoms with Crippen molar-refractivity contribution >= 4 is 40.0 Å². The van der Waals surface area contributed by atoms with Gasteiger partial charge in [-0.1, -0.05) is 11.6 Å². The molecule has 0 saturated carbocycles. The Morgan fingerprint density at radius 3 is 2.43 bits per heavy atom. The molecule has 1 aliphatic heterocycles. The number of urea groups is 1. The van der Waals surface area contributed by atoms with E-state index < -0.39 is 0 Å². The van der Waals surface area contributed by atoms with Gasteiger partial charge in [0.15, 0.2) is 0 Å². The first-order valence-electron chi connectivity index (χ1n) is 11.9. The Hall–Kier alpha value is -4.11. The fourth-order valence-electron chi connectivity index (χ4n) is 4.49. The summed E-state index contributed by atoms with van der Waals surface area (Å²) in [6.45, 7) is 4.46. The van der Waals surface area contributed by atoms with Gasteiger partial charge in [0.05, 0.1) is 24.8 Å². The number of fused-ring (bicyclic) bond motifs is 1. The summed E-state index contributed by atoms with van der Waals surface area (Å²) in [4.78, 5) is 30.4. The number of hydrogen-bond donors (Lipinski definition) is 1. The number of nitrogens with zero attached hydrogens (tertiary/aromatic N) is 5. The molecule has 1 saturated heterocycles. The first kappa shape index (κ1) is 24.6. The minimum atomic E-state index is -0.168. The molecule has 0 unspecified atom stereocenters. The third-order valence-electron chi connectivity index (χ3n) is 6.46. The van der Waals surface area contributed by atoms with Crippen LogP contribution in [0, 0.1) is 6.92 Å². The van der Waals surface area contributed by atoms with Crippen molar-refractivity contribution in [2.24, 2.45) is 0 Å². The van der Waals surface area contributed by atoms with Gasteiger partial charge in [0, 0.05) is 55.1 Å². The number of benzene rings is 2. The van der Waals surface area contributed by atoms with Crippen LogP contribution in [-0.4, -0.2) is 66.3 Å². The molecule has 2 amide bonds. The molecule has 37 heavy (non-hydrogen) atoms. The lowest BCUT2D eigenvalue weighted by Gasteiger charge is -2.35. The second-order valence-electron chi connectivity index (χ2n) is 8.73. The fraction of sp³-hybridized carbons (Fsp3) is 0.259. The fourth-order valence-corrected chi connectivity index (χ4v) is 4.75. The number of amides is 2. The standard InChI is InChI=1S/C27H27ClN6O3/c1-17-12-19(18-4-7-24(37-3)29-15-18)13-21-25(17)30-16-31-26(21)33-8-10-34(11-9-33)27(35)32-20-5-6-23(36-2)22(28)14-20/h4-7,12-16H,8-11H2,1-3H3,(H,32,35). The van der Waals surface area contributed by atoms with E-state index in [0.29, 0.717) is 48.5 Å². The van der Waals surface area contributed by atoms with Crippen LogP contribution >= 0.6 is 11.6 Å². The molecule has 2 aromatic carbocycles. The van der Waals surface area contributed by atoms with Crippen molar-refractivity contribution < 1.29 is 14.3 Å². The number of aromatic nitrogens is 3. The van der Waals surface area contributed by atoms with Crippen LogP contribution in [-0.2, 0) is 0 Å². The van der Waals surface area contributed by atoms with Gasteiger partial charge in [-0.05, 0) is 54.4 Å². The van der Waals surface area contributed by atoms with Gasteiger partial charge < -0.3 is 24.6 Å². The highest BCUT2D eigenvalue weighted by molar-refractivity contribution is 6.32. The van der Waals surface area contributed by atoms with E-state index in [9.17, 15) is 4.79 Å². The van der Waals surface area contributed by atoms with Crippen LogP contribution in [0.25, 0.3) is 22.0 Å². The van der Waals surface area contributed by atoms with Gasteiger partial charge in [-0.2, -0.15) is 0 Å². The number of hydrogen-bond acceptors (Lipinski definition) is 7. The monoisotopic (exact) mass is 518 g/mol. The van der Waals surface area contributed by atoms with Crippen LogP contribution in [0.1, 0.15) is 5.56 Å². The maximum Gasteiger partial charge on any atom is 0.321 e. The zero-order chi connectivity index (χ0) is 25.9. The Labute approximate surface area is 220 Å². The third kappa shape index (κ3) is 5.08. The second-order valence-corrected chi connectivity index (χ2v) is 9.14. The maximum atomic E-state index is 12.9. The van der Waals surface area contributed by atoms with Gasteiger partial charge in [-0.15, -0.1) is 0 Å². The van der Waals surface area contributed by atoms with Gasteiger partial charge in [0.25, 0.3) is 0 Å². The van der Waals surface area contributed by atoms with Crippen molar-refractivity contribution in [3.05, 3.63) is 65.6 Å². The summed E-state index contributed by atoms with van der Waals surface area (Å²) in [5.74, 6) is 1.99. The molecular formula is C27H27ClN6O3. The molecule has 3 heterocycles. The van der Waals surface area contributed by atoms with Crippen molar-refractivity contribution in [1.82, 2.24) is 19.9 Å². The Morgan fingerprint density at radius 1 is 0.946 bits per heavy atom. The zero-order valence-electron chi connectivity index (χ0n) is 20.9. The number of piperazine rings is 1. The van der Waals surface area contributed by atoms with Crippen LogP contribution in [0.5, 0.6) is 11.6 Å². The third-order valence-corrected chi connectivity index (χ3v) is 6.75. The number of aryl methyl sites for hydroxylation is 1. The summed E-state index contributed by atoms with van der Waals surface area (Å²) in [6.07, 6.45) is 3.40. The molecule has 0 bridgehead atoms. The minimum Gasteiger partial charge on any atom is -0.495 e. The van der Waals surface area contributed by atoms with E-state index in [0.717, 1.165) is 33.4 Å². The number of nitrogens with one attached hydrogen (secondary N) is 1. The molecule has 5 rings (SSSR count). The number of ether oxygens (including phenoxy) is 2. The molecular weight excluding hydrogens is 492 g/mol. The molecule has 0 atom stereocenters. The van der Waals surface area contributed by atoms with Gasteiger partial charge >= 0.3 is 6.03 Å². The Kier molecular flexibility index (Phi) is 6.96. The SMILES string of the molecule is COc1ccc(-c2cc(C)c3ncnc(N4CCN(C(=O)Nc5ccc(OC)c(Cl)c5)CC4)c3c2)cn1. The zero-order valence-corrected chi connectivity index (χ0v) is 21.6. The smallest absolute Gasteiger partial charge is 0.321 e. The summed E-state index contributed by atoms with van der Waals surface area (Å²) >= 11 is 6.19. The average molecular weight is 519 g/mol. The highest BCUT2D eigenvalue weighted by Gasteiger charge is 2.24. The average Bonchev–Trinajstić information content (AvgIpc) is 2.93. The maximum absolute atomic E-state index is 12.9. The van der Waals surface area contributed by atoms with Crippen LogP contribution in [0.2, 0.25) is 5.02 Å². The molecule has 1 aliphatic rings. The minimum absolute atomic E-state index is 0.168. The van der Waals surface area contributed by atoms with E-state index in [2.05, 4.69) is 37.3 Å². The van der Waals surface area contributed by atoms with E-state index in [1.165, 1.54) is 0 Å². The van der Waals surface area contributed by atoms with E-state index in [4.69, 9.17) is 21.1 Å². The van der Waals surface area contributed by atoms with Crippen molar-refractivity contribution in [1.29, 1.82) is 0 Å². The lowest BCUT2D eigenvalue weighted by atomic mass is 10.0. The van der Waals surface area contributed by atoms with Crippen LogP contribution in [0.4, 0.5) is 16.3 Å². The number of carbonyl (C=O) groups is 1. The number of anilines is 2. The Morgan fingerprint density at radius 2 is 1.76 bits per heavy atom. The highest BCUT2D eigenvalue weighted by atomic mass is 35.5. The Bertz CT molecular complexity index is 1440. The van der Waals surface area contributed by atoms with Crippen molar-refractivity contribution in [2.75, 3.05) is 50.6 Å². The topological polar surface area (TPSA) is 92.7 Å². The molecule has 0 radical (unpaired) electrons.